The number of carbonyl (C=O) groups excluding carboxylic acids is 1. The Labute approximate surface area is 136 Å². The van der Waals surface area contributed by atoms with Gasteiger partial charge in [-0.15, -0.1) is 0 Å². The Morgan fingerprint density at radius 3 is 2.65 bits per heavy atom. The van der Waals surface area contributed by atoms with Crippen LogP contribution in [-0.2, 0) is 6.54 Å². The van der Waals surface area contributed by atoms with E-state index in [-0.39, 0.29) is 17.7 Å². The van der Waals surface area contributed by atoms with Gasteiger partial charge in [0.25, 0.3) is 5.91 Å². The van der Waals surface area contributed by atoms with Gasteiger partial charge in [-0.3, -0.25) is 4.79 Å². The van der Waals surface area contributed by atoms with Gasteiger partial charge < -0.3 is 15.7 Å². The van der Waals surface area contributed by atoms with Crippen molar-refractivity contribution in [3.63, 3.8) is 0 Å². The number of hydrogen-bond acceptors (Lipinski definition) is 3. The molecule has 2 aromatic carbocycles. The fourth-order valence-electron chi connectivity index (χ4n) is 2.92. The Morgan fingerprint density at radius 2 is 1.96 bits per heavy atom. The highest BCUT2D eigenvalue weighted by Crippen LogP contribution is 2.26. The van der Waals surface area contributed by atoms with Crippen molar-refractivity contribution in [1.29, 1.82) is 0 Å². The number of nitrogens with one attached hydrogen (secondary N) is 2. The first-order chi connectivity index (χ1) is 11.0. The molecule has 4 heteroatoms. The van der Waals surface area contributed by atoms with Crippen molar-refractivity contribution in [2.75, 3.05) is 6.54 Å². The Hall–Kier alpha value is -2.33. The lowest BCUT2D eigenvalue weighted by molar-refractivity contribution is 0.0934. The van der Waals surface area contributed by atoms with Gasteiger partial charge in [-0.25, -0.2) is 0 Å². The molecule has 1 atom stereocenters. The lowest BCUT2D eigenvalue weighted by Crippen LogP contribution is -2.39. The van der Waals surface area contributed by atoms with Gasteiger partial charge in [0.2, 0.25) is 0 Å². The molecule has 0 aliphatic carbocycles. The van der Waals surface area contributed by atoms with Crippen molar-refractivity contribution in [1.82, 2.24) is 10.6 Å². The number of amides is 1. The third-order valence-corrected chi connectivity index (χ3v) is 4.31. The van der Waals surface area contributed by atoms with E-state index < -0.39 is 0 Å². The quantitative estimate of drug-likeness (QED) is 0.816. The van der Waals surface area contributed by atoms with Gasteiger partial charge in [0.1, 0.15) is 5.75 Å². The number of fused-ring (bicyclic) bond motifs is 1. The highest BCUT2D eigenvalue weighted by Gasteiger charge is 2.22. The van der Waals surface area contributed by atoms with Crippen LogP contribution < -0.4 is 10.6 Å². The minimum absolute atomic E-state index is 0.0405. The highest BCUT2D eigenvalue weighted by molar-refractivity contribution is 5.94. The molecule has 1 heterocycles. The van der Waals surface area contributed by atoms with Crippen LogP contribution in [0.1, 0.15) is 52.9 Å². The molecule has 0 aromatic heterocycles. The molecule has 0 spiro atoms. The van der Waals surface area contributed by atoms with E-state index in [4.69, 9.17) is 0 Å². The van der Waals surface area contributed by atoms with Crippen LogP contribution in [0.3, 0.4) is 0 Å². The Kier molecular flexibility index (Phi) is 4.35. The molecule has 1 aliphatic heterocycles. The summed E-state index contributed by atoms with van der Waals surface area (Å²) in [5.41, 5.74) is 4.29. The van der Waals surface area contributed by atoms with Crippen LogP contribution in [0, 0.1) is 0 Å². The molecule has 120 valence electrons. The topological polar surface area (TPSA) is 61.4 Å². The van der Waals surface area contributed by atoms with Crippen LogP contribution in [0.2, 0.25) is 0 Å². The largest absolute Gasteiger partial charge is 0.508 e. The van der Waals surface area contributed by atoms with E-state index in [0.29, 0.717) is 11.5 Å². The first-order valence-electron chi connectivity index (χ1n) is 7.98. The molecule has 2 aromatic rings. The molecule has 0 saturated carbocycles. The monoisotopic (exact) mass is 310 g/mol. The second kappa shape index (κ2) is 6.42. The maximum absolute atomic E-state index is 12.4. The molecule has 1 amide bonds. The van der Waals surface area contributed by atoms with Crippen LogP contribution in [0.4, 0.5) is 0 Å². The zero-order valence-corrected chi connectivity index (χ0v) is 13.5. The molecule has 3 rings (SSSR count). The van der Waals surface area contributed by atoms with Crippen LogP contribution >= 0.6 is 0 Å². The minimum Gasteiger partial charge on any atom is -0.508 e. The molecule has 3 N–H and O–H groups in total. The van der Waals surface area contributed by atoms with Crippen LogP contribution in [0.25, 0.3) is 0 Å². The highest BCUT2D eigenvalue weighted by atomic mass is 16.3. The van der Waals surface area contributed by atoms with Crippen molar-refractivity contribution >= 4 is 5.91 Å². The second-order valence-corrected chi connectivity index (χ2v) is 6.32. The number of carbonyl (C=O) groups is 1. The van der Waals surface area contributed by atoms with E-state index in [1.165, 1.54) is 28.8 Å². The third kappa shape index (κ3) is 3.37. The van der Waals surface area contributed by atoms with Gasteiger partial charge in [-0.2, -0.15) is 0 Å². The molecule has 0 radical (unpaired) electrons. The van der Waals surface area contributed by atoms with E-state index in [9.17, 15) is 9.90 Å². The third-order valence-electron chi connectivity index (χ3n) is 4.31. The van der Waals surface area contributed by atoms with Crippen molar-refractivity contribution in [3.8, 4) is 5.75 Å². The fourth-order valence-corrected chi connectivity index (χ4v) is 2.92. The summed E-state index contributed by atoms with van der Waals surface area (Å²) in [7, 11) is 0. The molecular formula is C19H22N2O2. The number of phenolic OH excluding ortho intramolecular Hbond substituents is 1. The van der Waals surface area contributed by atoms with Crippen LogP contribution in [0.5, 0.6) is 5.75 Å². The predicted octanol–water partition coefficient (Wildman–Crippen LogP) is 3.09. The maximum atomic E-state index is 12.4. The van der Waals surface area contributed by atoms with Crippen molar-refractivity contribution < 1.29 is 9.90 Å². The molecule has 0 fully saturated rings. The van der Waals surface area contributed by atoms with E-state index in [1.54, 1.807) is 12.1 Å². The summed E-state index contributed by atoms with van der Waals surface area (Å²) in [6, 6.07) is 12.8. The summed E-state index contributed by atoms with van der Waals surface area (Å²) in [4.78, 5) is 12.4. The van der Waals surface area contributed by atoms with Crippen molar-refractivity contribution in [2.45, 2.75) is 32.4 Å². The zero-order chi connectivity index (χ0) is 16.4. The van der Waals surface area contributed by atoms with E-state index in [1.807, 2.05) is 0 Å². The summed E-state index contributed by atoms with van der Waals surface area (Å²) < 4.78 is 0. The molecular weight excluding hydrogens is 288 g/mol. The fraction of sp³-hybridized carbons (Fsp3) is 0.316. The summed E-state index contributed by atoms with van der Waals surface area (Å²) in [5.74, 6) is 0.525. The molecule has 0 saturated heterocycles. The average molecular weight is 310 g/mol. The summed E-state index contributed by atoms with van der Waals surface area (Å²) in [6.45, 7) is 5.92. The number of aromatic hydroxyl groups is 1. The number of benzene rings is 2. The minimum atomic E-state index is -0.127. The first kappa shape index (κ1) is 15.6. The smallest absolute Gasteiger partial charge is 0.251 e. The Balaban J connectivity index is 1.80. The zero-order valence-electron chi connectivity index (χ0n) is 13.5. The predicted molar refractivity (Wildman–Crippen MR) is 90.6 cm³/mol. The SMILES string of the molecule is CC(C)c1ccc2c(c1)CNCC2NC(=O)c1ccc(O)cc1. The summed E-state index contributed by atoms with van der Waals surface area (Å²) >= 11 is 0. The summed E-state index contributed by atoms with van der Waals surface area (Å²) in [6.07, 6.45) is 0. The van der Waals surface area contributed by atoms with E-state index in [0.717, 1.165) is 13.1 Å². The van der Waals surface area contributed by atoms with E-state index in [2.05, 4.69) is 42.7 Å². The Bertz CT molecular complexity index is 708. The second-order valence-electron chi connectivity index (χ2n) is 6.32. The molecule has 1 unspecified atom stereocenters. The normalized spacial score (nSPS) is 16.9. The number of hydrogen-bond donors (Lipinski definition) is 3. The Morgan fingerprint density at radius 1 is 1.22 bits per heavy atom. The average Bonchev–Trinajstić information content (AvgIpc) is 2.55. The first-order valence-corrected chi connectivity index (χ1v) is 7.98. The van der Waals surface area contributed by atoms with Gasteiger partial charge in [-0.05, 0) is 46.9 Å². The lowest BCUT2D eigenvalue weighted by Gasteiger charge is -2.28. The number of rotatable bonds is 3. The molecule has 1 aliphatic rings. The summed E-state index contributed by atoms with van der Waals surface area (Å²) in [5, 5.41) is 15.8. The van der Waals surface area contributed by atoms with Gasteiger partial charge in [0, 0.05) is 18.7 Å². The molecule has 23 heavy (non-hydrogen) atoms. The van der Waals surface area contributed by atoms with Gasteiger partial charge >= 0.3 is 0 Å². The molecule has 4 nitrogen and oxygen atoms in total. The van der Waals surface area contributed by atoms with Gasteiger partial charge in [0.05, 0.1) is 6.04 Å². The maximum Gasteiger partial charge on any atom is 0.251 e. The lowest BCUT2D eigenvalue weighted by atomic mass is 9.91. The van der Waals surface area contributed by atoms with Gasteiger partial charge in [-0.1, -0.05) is 32.0 Å². The van der Waals surface area contributed by atoms with Gasteiger partial charge in [0.15, 0.2) is 0 Å². The van der Waals surface area contributed by atoms with E-state index >= 15 is 0 Å². The standard InChI is InChI=1S/C19H22N2O2/c1-12(2)14-5-8-17-15(9-14)10-20-11-18(17)21-19(23)13-3-6-16(22)7-4-13/h3-9,12,18,20,22H,10-11H2,1-2H3,(H,21,23). The van der Waals surface area contributed by atoms with Crippen molar-refractivity contribution in [3.05, 3.63) is 64.7 Å². The van der Waals surface area contributed by atoms with Crippen molar-refractivity contribution in [2.24, 2.45) is 0 Å². The number of phenols is 1. The van der Waals surface area contributed by atoms with Crippen LogP contribution in [-0.4, -0.2) is 17.6 Å². The molecule has 0 bridgehead atoms. The van der Waals surface area contributed by atoms with Crippen LogP contribution in [0.15, 0.2) is 42.5 Å².